The van der Waals surface area contributed by atoms with Crippen LogP contribution >= 0.6 is 0 Å². The van der Waals surface area contributed by atoms with Crippen LogP contribution in [0.25, 0.3) is 16.9 Å². The maximum Gasteiger partial charge on any atom is 0.137 e. The molecule has 0 aliphatic rings. The first-order chi connectivity index (χ1) is 9.19. The third-order valence-electron chi connectivity index (χ3n) is 3.52. The number of hydrogen-bond acceptors (Lipinski definition) is 2. The quantitative estimate of drug-likeness (QED) is 0.758. The second kappa shape index (κ2) is 4.43. The lowest BCUT2D eigenvalue weighted by atomic mass is 10.1. The molecule has 1 aromatic carbocycles. The Labute approximate surface area is 112 Å². The number of fused-ring (bicyclic) bond motifs is 1. The third kappa shape index (κ3) is 1.97. The number of aryl methyl sites for hydroxylation is 2. The number of aromatic nitrogens is 2. The minimum atomic E-state index is 0.751. The van der Waals surface area contributed by atoms with Crippen molar-refractivity contribution in [1.82, 2.24) is 9.38 Å². The zero-order chi connectivity index (χ0) is 13.4. The number of nitrogens with two attached hydrogens (primary N) is 1. The summed E-state index contributed by atoms with van der Waals surface area (Å²) in [4.78, 5) is 4.69. The standard InChI is InChI=1S/C16H17N3/c1-3-12-4-6-13(7-5-12)16-11(2)19-10-14(17)8-9-15(19)18-16/h4-10H,3,17H2,1-2H3. The van der Waals surface area contributed by atoms with E-state index in [4.69, 9.17) is 5.73 Å². The van der Waals surface area contributed by atoms with E-state index in [1.165, 1.54) is 5.56 Å². The van der Waals surface area contributed by atoms with E-state index in [2.05, 4.69) is 43.1 Å². The minimum absolute atomic E-state index is 0.751. The van der Waals surface area contributed by atoms with E-state index in [1.807, 2.05) is 22.7 Å². The van der Waals surface area contributed by atoms with Crippen LogP contribution in [-0.4, -0.2) is 9.38 Å². The van der Waals surface area contributed by atoms with Crippen molar-refractivity contribution in [1.29, 1.82) is 0 Å². The summed E-state index contributed by atoms with van der Waals surface area (Å²) in [5, 5.41) is 0. The van der Waals surface area contributed by atoms with E-state index < -0.39 is 0 Å². The lowest BCUT2D eigenvalue weighted by Gasteiger charge is -2.01. The first-order valence-corrected chi connectivity index (χ1v) is 6.52. The Hall–Kier alpha value is -2.29. The van der Waals surface area contributed by atoms with Gasteiger partial charge in [-0.05, 0) is 31.0 Å². The Morgan fingerprint density at radius 1 is 1.11 bits per heavy atom. The van der Waals surface area contributed by atoms with Crippen LogP contribution < -0.4 is 5.73 Å². The molecule has 3 rings (SSSR count). The molecule has 3 nitrogen and oxygen atoms in total. The highest BCUT2D eigenvalue weighted by molar-refractivity contribution is 5.67. The molecule has 0 fully saturated rings. The van der Waals surface area contributed by atoms with Crippen LogP contribution in [0, 0.1) is 6.92 Å². The summed E-state index contributed by atoms with van der Waals surface area (Å²) in [7, 11) is 0. The van der Waals surface area contributed by atoms with Gasteiger partial charge in [0.05, 0.1) is 5.69 Å². The summed E-state index contributed by atoms with van der Waals surface area (Å²) in [5.74, 6) is 0. The van der Waals surface area contributed by atoms with Crippen molar-refractivity contribution >= 4 is 11.3 Å². The number of pyridine rings is 1. The van der Waals surface area contributed by atoms with Crippen molar-refractivity contribution < 1.29 is 0 Å². The van der Waals surface area contributed by atoms with Crippen LogP contribution in [0.4, 0.5) is 5.69 Å². The predicted octanol–water partition coefficient (Wildman–Crippen LogP) is 3.45. The van der Waals surface area contributed by atoms with E-state index in [1.54, 1.807) is 0 Å². The number of anilines is 1. The summed E-state index contributed by atoms with van der Waals surface area (Å²) >= 11 is 0. The van der Waals surface area contributed by atoms with Crippen molar-refractivity contribution in [3.8, 4) is 11.3 Å². The van der Waals surface area contributed by atoms with Crippen molar-refractivity contribution in [2.45, 2.75) is 20.3 Å². The molecule has 3 heteroatoms. The van der Waals surface area contributed by atoms with Crippen molar-refractivity contribution in [2.24, 2.45) is 0 Å². The van der Waals surface area contributed by atoms with Gasteiger partial charge < -0.3 is 10.1 Å². The molecule has 0 spiro atoms. The molecular weight excluding hydrogens is 234 g/mol. The van der Waals surface area contributed by atoms with Gasteiger partial charge in [0.1, 0.15) is 5.65 Å². The first-order valence-electron chi connectivity index (χ1n) is 6.52. The molecule has 0 atom stereocenters. The van der Waals surface area contributed by atoms with Gasteiger partial charge in [0, 0.05) is 23.1 Å². The largest absolute Gasteiger partial charge is 0.398 e. The topological polar surface area (TPSA) is 43.3 Å². The van der Waals surface area contributed by atoms with Gasteiger partial charge in [0.2, 0.25) is 0 Å². The Morgan fingerprint density at radius 2 is 1.84 bits per heavy atom. The second-order valence-corrected chi connectivity index (χ2v) is 4.79. The zero-order valence-electron chi connectivity index (χ0n) is 11.2. The monoisotopic (exact) mass is 251 g/mol. The lowest BCUT2D eigenvalue weighted by Crippen LogP contribution is -1.91. The van der Waals surface area contributed by atoms with Gasteiger partial charge >= 0.3 is 0 Å². The predicted molar refractivity (Wildman–Crippen MR) is 79.2 cm³/mol. The van der Waals surface area contributed by atoms with E-state index in [0.29, 0.717) is 0 Å². The molecule has 2 heterocycles. The van der Waals surface area contributed by atoms with Gasteiger partial charge in [0.15, 0.2) is 0 Å². The van der Waals surface area contributed by atoms with Crippen LogP contribution in [0.5, 0.6) is 0 Å². The normalized spacial score (nSPS) is 11.1. The molecule has 96 valence electrons. The summed E-state index contributed by atoms with van der Waals surface area (Å²) in [6, 6.07) is 12.4. The highest BCUT2D eigenvalue weighted by Crippen LogP contribution is 2.24. The summed E-state index contributed by atoms with van der Waals surface area (Å²) in [6.07, 6.45) is 2.97. The molecule has 19 heavy (non-hydrogen) atoms. The number of nitrogen functional groups attached to an aromatic ring is 1. The molecule has 2 aromatic heterocycles. The number of rotatable bonds is 2. The first kappa shape index (κ1) is 11.8. The molecule has 3 aromatic rings. The summed E-state index contributed by atoms with van der Waals surface area (Å²) < 4.78 is 2.04. The minimum Gasteiger partial charge on any atom is -0.398 e. The SMILES string of the molecule is CCc1ccc(-c2nc3ccc(N)cn3c2C)cc1. The van der Waals surface area contributed by atoms with Crippen molar-refractivity contribution in [2.75, 3.05) is 5.73 Å². The number of benzene rings is 1. The maximum absolute atomic E-state index is 5.83. The van der Waals surface area contributed by atoms with Gasteiger partial charge in [0.25, 0.3) is 0 Å². The Kier molecular flexibility index (Phi) is 2.75. The lowest BCUT2D eigenvalue weighted by molar-refractivity contribution is 1.11. The fourth-order valence-electron chi connectivity index (χ4n) is 2.35. The second-order valence-electron chi connectivity index (χ2n) is 4.79. The maximum atomic E-state index is 5.83. The zero-order valence-corrected chi connectivity index (χ0v) is 11.2. The van der Waals surface area contributed by atoms with Crippen LogP contribution in [0.1, 0.15) is 18.2 Å². The summed E-state index contributed by atoms with van der Waals surface area (Å²) in [6.45, 7) is 4.23. The molecule has 0 saturated carbocycles. The van der Waals surface area contributed by atoms with E-state index in [9.17, 15) is 0 Å². The highest BCUT2D eigenvalue weighted by Gasteiger charge is 2.10. The molecule has 0 unspecified atom stereocenters. The molecule has 2 N–H and O–H groups in total. The number of hydrogen-bond donors (Lipinski definition) is 1. The number of imidazole rings is 1. The Balaban J connectivity index is 2.16. The Morgan fingerprint density at radius 3 is 2.53 bits per heavy atom. The van der Waals surface area contributed by atoms with Gasteiger partial charge in [-0.25, -0.2) is 4.98 Å². The molecule has 0 saturated heterocycles. The average molecular weight is 251 g/mol. The van der Waals surface area contributed by atoms with Gasteiger partial charge in [-0.1, -0.05) is 31.2 Å². The molecule has 0 aliphatic carbocycles. The molecule has 0 radical (unpaired) electrons. The smallest absolute Gasteiger partial charge is 0.137 e. The van der Waals surface area contributed by atoms with Crippen LogP contribution in [0.2, 0.25) is 0 Å². The highest BCUT2D eigenvalue weighted by atomic mass is 15.0. The van der Waals surface area contributed by atoms with Gasteiger partial charge in [-0.15, -0.1) is 0 Å². The van der Waals surface area contributed by atoms with E-state index >= 15 is 0 Å². The van der Waals surface area contributed by atoms with Crippen molar-refractivity contribution in [3.63, 3.8) is 0 Å². The van der Waals surface area contributed by atoms with Crippen LogP contribution in [-0.2, 0) is 6.42 Å². The van der Waals surface area contributed by atoms with Crippen LogP contribution in [0.3, 0.4) is 0 Å². The van der Waals surface area contributed by atoms with Crippen LogP contribution in [0.15, 0.2) is 42.6 Å². The fraction of sp³-hybridized carbons (Fsp3) is 0.188. The van der Waals surface area contributed by atoms with Gasteiger partial charge in [-0.3, -0.25) is 0 Å². The molecule has 0 amide bonds. The van der Waals surface area contributed by atoms with E-state index in [0.717, 1.165) is 34.7 Å². The third-order valence-corrected chi connectivity index (χ3v) is 3.52. The molecule has 0 aliphatic heterocycles. The van der Waals surface area contributed by atoms with Crippen molar-refractivity contribution in [3.05, 3.63) is 53.9 Å². The van der Waals surface area contributed by atoms with E-state index in [-0.39, 0.29) is 0 Å². The van der Waals surface area contributed by atoms with Gasteiger partial charge in [-0.2, -0.15) is 0 Å². The summed E-state index contributed by atoms with van der Waals surface area (Å²) in [5.41, 5.74) is 12.1. The molecular formula is C16H17N3. The fourth-order valence-corrected chi connectivity index (χ4v) is 2.35. The average Bonchev–Trinajstić information content (AvgIpc) is 2.76. The Bertz CT molecular complexity index is 724. The molecule has 0 bridgehead atoms. The number of nitrogens with zero attached hydrogens (tertiary/aromatic N) is 2.